The summed E-state index contributed by atoms with van der Waals surface area (Å²) in [5, 5.41) is 6.04. The van der Waals surface area contributed by atoms with E-state index in [0.29, 0.717) is 49.5 Å². The smallest absolute Gasteiger partial charge is 0.328 e. The van der Waals surface area contributed by atoms with Gasteiger partial charge in [-0.3, -0.25) is 24.7 Å². The van der Waals surface area contributed by atoms with Gasteiger partial charge in [-0.2, -0.15) is 0 Å². The Morgan fingerprint density at radius 2 is 2.05 bits per heavy atom. The lowest BCUT2D eigenvalue weighted by Crippen LogP contribution is -2.48. The molecule has 39 heavy (non-hydrogen) atoms. The Balaban J connectivity index is 1.75. The van der Waals surface area contributed by atoms with Crippen molar-refractivity contribution in [2.45, 2.75) is 27.3 Å². The summed E-state index contributed by atoms with van der Waals surface area (Å²) >= 11 is 0. The molecule has 3 heterocycles. The highest BCUT2D eigenvalue weighted by molar-refractivity contribution is 6.00. The topological polar surface area (TPSA) is 120 Å². The Hall–Kier alpha value is -4.01. The summed E-state index contributed by atoms with van der Waals surface area (Å²) in [7, 11) is 5.07. The number of ether oxygens (including phenoxy) is 1. The summed E-state index contributed by atoms with van der Waals surface area (Å²) in [6.45, 7) is 9.11. The average Bonchev–Trinajstić information content (AvgIpc) is 2.89. The number of methoxy groups -OCH3 is 1. The third-order valence-electron chi connectivity index (χ3n) is 5.96. The molecular formula is C28H37N7O4. The number of carbonyl (C=O) groups excluding carboxylic acids is 3. The molecule has 2 N–H and O–H groups in total. The van der Waals surface area contributed by atoms with Crippen molar-refractivity contribution in [2.24, 2.45) is 5.41 Å². The van der Waals surface area contributed by atoms with Crippen LogP contribution in [0.5, 0.6) is 0 Å². The van der Waals surface area contributed by atoms with E-state index >= 15 is 0 Å². The zero-order valence-corrected chi connectivity index (χ0v) is 23.5. The van der Waals surface area contributed by atoms with Gasteiger partial charge in [0.25, 0.3) is 0 Å². The van der Waals surface area contributed by atoms with Crippen LogP contribution in [0.15, 0.2) is 24.4 Å². The van der Waals surface area contributed by atoms with Crippen molar-refractivity contribution < 1.29 is 19.1 Å². The molecule has 0 aliphatic carbocycles. The van der Waals surface area contributed by atoms with Crippen LogP contribution in [0.25, 0.3) is 0 Å². The summed E-state index contributed by atoms with van der Waals surface area (Å²) in [6, 6.07) is 4.61. The standard InChI is InChI=1S/C28H37N7O4/c1-28(2,3)10-9-20-16-30-24(15-22(20)29-11-14-39-6)32-27(38)34(5)25-8-7-21(23(19-36)31-25)17-35-13-12-33(4)18-26(35)37/h7-8,15-16,19H,11-14,17-18H2,1-6H3,(H2,29,30,32,38). The normalized spacial score (nSPS) is 13.9. The van der Waals surface area contributed by atoms with E-state index in [9.17, 15) is 14.4 Å². The number of rotatable bonds is 9. The van der Waals surface area contributed by atoms with Crippen LogP contribution in [0.3, 0.4) is 0 Å². The van der Waals surface area contributed by atoms with E-state index in [0.717, 1.165) is 12.2 Å². The van der Waals surface area contributed by atoms with Gasteiger partial charge in [0.05, 0.1) is 24.4 Å². The van der Waals surface area contributed by atoms with E-state index in [1.165, 1.54) is 4.90 Å². The van der Waals surface area contributed by atoms with Crippen LogP contribution in [0.1, 0.15) is 42.4 Å². The first-order chi connectivity index (χ1) is 18.5. The Kier molecular flexibility index (Phi) is 9.98. The number of carbonyl (C=O) groups is 3. The minimum atomic E-state index is -0.481. The highest BCUT2D eigenvalue weighted by atomic mass is 16.5. The molecule has 208 valence electrons. The Morgan fingerprint density at radius 1 is 1.28 bits per heavy atom. The molecule has 1 aliphatic rings. The third-order valence-corrected chi connectivity index (χ3v) is 5.96. The van der Waals surface area contributed by atoms with Gasteiger partial charge < -0.3 is 15.0 Å². The van der Waals surface area contributed by atoms with E-state index in [4.69, 9.17) is 4.74 Å². The zero-order valence-electron chi connectivity index (χ0n) is 23.5. The summed E-state index contributed by atoms with van der Waals surface area (Å²) in [5.74, 6) is 6.96. The van der Waals surface area contributed by atoms with E-state index in [1.54, 1.807) is 43.5 Å². The predicted molar refractivity (Wildman–Crippen MR) is 151 cm³/mol. The molecule has 0 atom stereocenters. The number of anilines is 3. The van der Waals surface area contributed by atoms with Crippen molar-refractivity contribution in [3.8, 4) is 11.8 Å². The fourth-order valence-electron chi connectivity index (χ4n) is 3.72. The van der Waals surface area contributed by atoms with Gasteiger partial charge in [-0.25, -0.2) is 14.8 Å². The Bertz CT molecular complexity index is 1260. The Labute approximate surface area is 229 Å². The SMILES string of the molecule is COCCNc1cc(NC(=O)N(C)c2ccc(CN3CCN(C)CC3=O)c(C=O)n2)ncc1C#CC(C)(C)C. The van der Waals surface area contributed by atoms with Crippen LogP contribution in [-0.2, 0) is 16.1 Å². The van der Waals surface area contributed by atoms with Gasteiger partial charge in [-0.1, -0.05) is 17.9 Å². The molecule has 11 heteroatoms. The maximum atomic E-state index is 13.0. The highest BCUT2D eigenvalue weighted by Crippen LogP contribution is 2.21. The molecule has 0 unspecified atom stereocenters. The van der Waals surface area contributed by atoms with Gasteiger partial charge in [-0.05, 0) is 33.9 Å². The van der Waals surface area contributed by atoms with Crippen LogP contribution < -0.4 is 15.5 Å². The highest BCUT2D eigenvalue weighted by Gasteiger charge is 2.23. The van der Waals surface area contributed by atoms with Gasteiger partial charge >= 0.3 is 6.03 Å². The van der Waals surface area contributed by atoms with Crippen molar-refractivity contribution in [3.05, 3.63) is 41.2 Å². The molecule has 3 amide bonds. The first-order valence-corrected chi connectivity index (χ1v) is 12.7. The molecule has 0 spiro atoms. The second-order valence-electron chi connectivity index (χ2n) is 10.4. The van der Waals surface area contributed by atoms with E-state index in [2.05, 4.69) is 32.4 Å². The minimum Gasteiger partial charge on any atom is -0.383 e. The third kappa shape index (κ3) is 8.49. The number of aromatic nitrogens is 2. The Morgan fingerprint density at radius 3 is 2.72 bits per heavy atom. The van der Waals surface area contributed by atoms with Crippen molar-refractivity contribution >= 4 is 35.5 Å². The quantitative estimate of drug-likeness (QED) is 0.286. The molecule has 1 aliphatic heterocycles. The lowest BCUT2D eigenvalue weighted by molar-refractivity contribution is -0.136. The number of aldehydes is 1. The maximum absolute atomic E-state index is 13.0. The monoisotopic (exact) mass is 535 g/mol. The molecule has 1 saturated heterocycles. The van der Waals surface area contributed by atoms with Crippen molar-refractivity contribution in [1.29, 1.82) is 0 Å². The lowest BCUT2D eigenvalue weighted by atomic mass is 9.97. The largest absolute Gasteiger partial charge is 0.383 e. The van der Waals surface area contributed by atoms with E-state index < -0.39 is 6.03 Å². The van der Waals surface area contributed by atoms with Gasteiger partial charge in [0.2, 0.25) is 5.91 Å². The molecule has 0 saturated carbocycles. The number of piperazine rings is 1. The van der Waals surface area contributed by atoms with Gasteiger partial charge in [0, 0.05) is 63.6 Å². The molecule has 11 nitrogen and oxygen atoms in total. The number of nitrogens with zero attached hydrogens (tertiary/aromatic N) is 5. The second-order valence-corrected chi connectivity index (χ2v) is 10.4. The number of likely N-dealkylation sites (N-methyl/N-ethyl adjacent to an activating group) is 1. The fourth-order valence-corrected chi connectivity index (χ4v) is 3.72. The van der Waals surface area contributed by atoms with Crippen molar-refractivity contribution in [1.82, 2.24) is 19.8 Å². The number of hydrogen-bond acceptors (Lipinski definition) is 8. The van der Waals surface area contributed by atoms with Crippen molar-refractivity contribution in [2.75, 3.05) is 69.5 Å². The molecule has 0 aromatic carbocycles. The van der Waals surface area contributed by atoms with Crippen molar-refractivity contribution in [3.63, 3.8) is 0 Å². The predicted octanol–water partition coefficient (Wildman–Crippen LogP) is 2.69. The van der Waals surface area contributed by atoms with Gasteiger partial charge in [0.15, 0.2) is 6.29 Å². The molecule has 2 aromatic heterocycles. The molecule has 3 rings (SSSR count). The number of amides is 3. The number of nitrogens with one attached hydrogen (secondary N) is 2. The minimum absolute atomic E-state index is 0.000145. The van der Waals surface area contributed by atoms with Gasteiger partial charge in [-0.15, -0.1) is 0 Å². The number of pyridine rings is 2. The van der Waals surface area contributed by atoms with Crippen LogP contribution >= 0.6 is 0 Å². The average molecular weight is 536 g/mol. The van der Waals surface area contributed by atoms with Crippen LogP contribution in [-0.4, -0.2) is 92.0 Å². The summed E-state index contributed by atoms with van der Waals surface area (Å²) < 4.78 is 5.13. The van der Waals surface area contributed by atoms with E-state index in [1.807, 2.05) is 32.7 Å². The molecule has 0 radical (unpaired) electrons. The van der Waals surface area contributed by atoms with Gasteiger partial charge in [0.1, 0.15) is 17.3 Å². The van der Waals surface area contributed by atoms with Crippen LogP contribution in [0.4, 0.5) is 22.1 Å². The first-order valence-electron chi connectivity index (χ1n) is 12.7. The second kappa shape index (κ2) is 13.2. The summed E-state index contributed by atoms with van der Waals surface area (Å²) in [5.41, 5.74) is 2.06. The van der Waals surface area contributed by atoms with E-state index in [-0.39, 0.29) is 29.4 Å². The molecule has 0 bridgehead atoms. The molecule has 1 fully saturated rings. The fraction of sp³-hybridized carbons (Fsp3) is 0.464. The first kappa shape index (κ1) is 29.5. The van der Waals surface area contributed by atoms with Crippen LogP contribution in [0.2, 0.25) is 0 Å². The summed E-state index contributed by atoms with van der Waals surface area (Å²) in [4.78, 5) is 50.8. The lowest BCUT2D eigenvalue weighted by Gasteiger charge is -2.32. The van der Waals surface area contributed by atoms with Crippen LogP contribution in [0, 0.1) is 17.3 Å². The molecular weight excluding hydrogens is 498 g/mol. The molecule has 2 aromatic rings. The zero-order chi connectivity index (χ0) is 28.6. The number of urea groups is 1. The number of hydrogen-bond donors (Lipinski definition) is 2. The maximum Gasteiger partial charge on any atom is 0.328 e. The summed E-state index contributed by atoms with van der Waals surface area (Å²) in [6.07, 6.45) is 2.25.